The van der Waals surface area contributed by atoms with E-state index < -0.39 is 6.04 Å². The van der Waals surface area contributed by atoms with E-state index in [1.54, 1.807) is 31.1 Å². The number of hydrogen-bond donors (Lipinski definition) is 1. The molecule has 0 aliphatic carbocycles. The molecule has 0 fully saturated rings. The molecule has 0 unspecified atom stereocenters. The van der Waals surface area contributed by atoms with Crippen molar-refractivity contribution in [2.75, 3.05) is 7.11 Å². The number of carbonyl (C=O) groups is 2. The third-order valence-corrected chi connectivity index (χ3v) is 5.79. The highest BCUT2D eigenvalue weighted by Gasteiger charge is 2.26. The van der Waals surface area contributed by atoms with Crippen LogP contribution >= 0.6 is 11.6 Å². The molecule has 0 aromatic heterocycles. The number of nitrogens with zero attached hydrogens (tertiary/aromatic N) is 1. The molecule has 172 valence electrons. The number of amides is 2. The predicted molar refractivity (Wildman–Crippen MR) is 131 cm³/mol. The lowest BCUT2D eigenvalue weighted by atomic mass is 10.1. The second-order valence-electron chi connectivity index (χ2n) is 8.05. The van der Waals surface area contributed by atoms with Crippen LogP contribution in [0.4, 0.5) is 0 Å². The molecule has 0 radical (unpaired) electrons. The van der Waals surface area contributed by atoms with Gasteiger partial charge in [-0.1, -0.05) is 65.7 Å². The van der Waals surface area contributed by atoms with Crippen LogP contribution in [0.25, 0.3) is 0 Å². The molecular weight excluding hydrogens is 436 g/mol. The van der Waals surface area contributed by atoms with Crippen LogP contribution in [-0.4, -0.2) is 29.9 Å². The van der Waals surface area contributed by atoms with Crippen LogP contribution in [0.5, 0.6) is 5.75 Å². The SMILES string of the molecule is COc1ccc(CN(C(=O)Cc2ccc(Cl)cc2)[C@H](C)C(=O)NCc2ccc(C)cc2)cc1. The summed E-state index contributed by atoms with van der Waals surface area (Å²) in [5.41, 5.74) is 3.93. The van der Waals surface area contributed by atoms with Crippen molar-refractivity contribution in [1.29, 1.82) is 0 Å². The Balaban J connectivity index is 1.74. The minimum absolute atomic E-state index is 0.133. The second kappa shape index (κ2) is 11.5. The number of halogens is 1. The Kier molecular flexibility index (Phi) is 8.50. The Hall–Kier alpha value is -3.31. The van der Waals surface area contributed by atoms with E-state index in [9.17, 15) is 9.59 Å². The molecule has 0 heterocycles. The van der Waals surface area contributed by atoms with Gasteiger partial charge in [-0.3, -0.25) is 9.59 Å². The fraction of sp³-hybridized carbons (Fsp3) is 0.259. The summed E-state index contributed by atoms with van der Waals surface area (Å²) in [4.78, 5) is 27.9. The number of rotatable bonds is 9. The maximum absolute atomic E-state index is 13.3. The molecule has 0 aliphatic heterocycles. The van der Waals surface area contributed by atoms with Gasteiger partial charge < -0.3 is 15.0 Å². The summed E-state index contributed by atoms with van der Waals surface area (Å²) in [5.74, 6) is 0.404. The lowest BCUT2D eigenvalue weighted by molar-refractivity contribution is -0.140. The fourth-order valence-electron chi connectivity index (χ4n) is 3.43. The lowest BCUT2D eigenvalue weighted by Gasteiger charge is -2.29. The van der Waals surface area contributed by atoms with Crippen LogP contribution in [-0.2, 0) is 29.1 Å². The van der Waals surface area contributed by atoms with Gasteiger partial charge in [-0.2, -0.15) is 0 Å². The standard InChI is InChI=1S/C27H29ClN2O3/c1-19-4-6-22(7-5-19)17-29-27(32)20(2)30(18-23-10-14-25(33-3)15-11-23)26(31)16-21-8-12-24(28)13-9-21/h4-15,20H,16-18H2,1-3H3,(H,29,32)/t20-/m1/s1. The average molecular weight is 465 g/mol. The summed E-state index contributed by atoms with van der Waals surface area (Å²) >= 11 is 5.97. The van der Waals surface area contributed by atoms with E-state index in [4.69, 9.17) is 16.3 Å². The zero-order chi connectivity index (χ0) is 23.8. The summed E-state index contributed by atoms with van der Waals surface area (Å²) in [6.45, 7) is 4.50. The predicted octanol–water partition coefficient (Wildman–Crippen LogP) is 4.93. The van der Waals surface area contributed by atoms with Gasteiger partial charge >= 0.3 is 0 Å². The van der Waals surface area contributed by atoms with E-state index in [2.05, 4.69) is 5.32 Å². The van der Waals surface area contributed by atoms with Gasteiger partial charge in [0.05, 0.1) is 13.5 Å². The molecule has 2 amide bonds. The molecule has 1 atom stereocenters. The molecule has 0 bridgehead atoms. The monoisotopic (exact) mass is 464 g/mol. The Morgan fingerprint density at radius 3 is 2.09 bits per heavy atom. The van der Waals surface area contributed by atoms with E-state index in [1.807, 2.05) is 67.6 Å². The lowest BCUT2D eigenvalue weighted by Crippen LogP contribution is -2.47. The molecule has 3 rings (SSSR count). The summed E-state index contributed by atoms with van der Waals surface area (Å²) < 4.78 is 5.22. The number of methoxy groups -OCH3 is 1. The maximum atomic E-state index is 13.3. The van der Waals surface area contributed by atoms with E-state index in [1.165, 1.54) is 0 Å². The maximum Gasteiger partial charge on any atom is 0.242 e. The summed E-state index contributed by atoms with van der Waals surface area (Å²) in [6.07, 6.45) is 0.183. The van der Waals surface area contributed by atoms with Gasteiger partial charge in [-0.25, -0.2) is 0 Å². The van der Waals surface area contributed by atoms with Crippen molar-refractivity contribution in [3.63, 3.8) is 0 Å². The van der Waals surface area contributed by atoms with Crippen LogP contribution in [0.15, 0.2) is 72.8 Å². The third-order valence-electron chi connectivity index (χ3n) is 5.54. The smallest absolute Gasteiger partial charge is 0.242 e. The topological polar surface area (TPSA) is 58.6 Å². The Morgan fingerprint density at radius 1 is 0.909 bits per heavy atom. The van der Waals surface area contributed by atoms with Crippen LogP contribution in [0.2, 0.25) is 5.02 Å². The summed E-state index contributed by atoms with van der Waals surface area (Å²) in [7, 11) is 1.61. The molecule has 1 N–H and O–H groups in total. The molecule has 3 aromatic rings. The van der Waals surface area contributed by atoms with Crippen LogP contribution in [0, 0.1) is 6.92 Å². The van der Waals surface area contributed by atoms with Crippen molar-refractivity contribution in [2.24, 2.45) is 0 Å². The normalized spacial score (nSPS) is 11.5. The van der Waals surface area contributed by atoms with Crippen molar-refractivity contribution in [3.05, 3.63) is 100 Å². The van der Waals surface area contributed by atoms with Gasteiger partial charge in [0.2, 0.25) is 11.8 Å². The first-order chi connectivity index (χ1) is 15.9. The molecule has 6 heteroatoms. The molecule has 3 aromatic carbocycles. The first-order valence-corrected chi connectivity index (χ1v) is 11.2. The van der Waals surface area contributed by atoms with Gasteiger partial charge in [0.25, 0.3) is 0 Å². The Bertz CT molecular complexity index is 1060. The number of carbonyl (C=O) groups excluding carboxylic acids is 2. The Labute approximate surface area is 200 Å². The molecular formula is C27H29ClN2O3. The van der Waals surface area contributed by atoms with Gasteiger partial charge in [-0.15, -0.1) is 0 Å². The molecule has 0 aliphatic rings. The number of nitrogens with one attached hydrogen (secondary N) is 1. The van der Waals surface area contributed by atoms with Crippen molar-refractivity contribution in [2.45, 2.75) is 39.4 Å². The highest BCUT2D eigenvalue weighted by atomic mass is 35.5. The molecule has 0 saturated heterocycles. The van der Waals surface area contributed by atoms with Crippen LogP contribution in [0.1, 0.15) is 29.2 Å². The largest absolute Gasteiger partial charge is 0.497 e. The first kappa shape index (κ1) is 24.3. The van der Waals surface area contributed by atoms with E-state index >= 15 is 0 Å². The fourth-order valence-corrected chi connectivity index (χ4v) is 3.56. The highest BCUT2D eigenvalue weighted by Crippen LogP contribution is 2.17. The summed E-state index contributed by atoms with van der Waals surface area (Å²) in [5, 5.41) is 3.57. The molecule has 0 saturated carbocycles. The van der Waals surface area contributed by atoms with E-state index in [-0.39, 0.29) is 18.2 Å². The van der Waals surface area contributed by atoms with Gasteiger partial charge in [0.15, 0.2) is 0 Å². The van der Waals surface area contributed by atoms with Crippen molar-refractivity contribution in [1.82, 2.24) is 10.2 Å². The molecule has 33 heavy (non-hydrogen) atoms. The number of aryl methyl sites for hydroxylation is 1. The minimum atomic E-state index is -0.641. The zero-order valence-corrected chi connectivity index (χ0v) is 19.9. The van der Waals surface area contributed by atoms with Gasteiger partial charge in [0.1, 0.15) is 11.8 Å². The van der Waals surface area contributed by atoms with Crippen molar-refractivity contribution < 1.29 is 14.3 Å². The highest BCUT2D eigenvalue weighted by molar-refractivity contribution is 6.30. The summed E-state index contributed by atoms with van der Waals surface area (Å²) in [6, 6.07) is 22.0. The van der Waals surface area contributed by atoms with E-state index in [0.29, 0.717) is 18.1 Å². The van der Waals surface area contributed by atoms with Crippen molar-refractivity contribution >= 4 is 23.4 Å². The van der Waals surface area contributed by atoms with Crippen molar-refractivity contribution in [3.8, 4) is 5.75 Å². The first-order valence-electron chi connectivity index (χ1n) is 10.9. The molecule has 5 nitrogen and oxygen atoms in total. The quantitative estimate of drug-likeness (QED) is 0.488. The van der Waals surface area contributed by atoms with E-state index in [0.717, 1.165) is 28.0 Å². The van der Waals surface area contributed by atoms with Crippen LogP contribution in [0.3, 0.4) is 0 Å². The van der Waals surface area contributed by atoms with Gasteiger partial charge in [-0.05, 0) is 54.8 Å². The Morgan fingerprint density at radius 2 is 1.48 bits per heavy atom. The third kappa shape index (κ3) is 7.09. The van der Waals surface area contributed by atoms with Crippen LogP contribution < -0.4 is 10.1 Å². The average Bonchev–Trinajstić information content (AvgIpc) is 2.83. The minimum Gasteiger partial charge on any atom is -0.497 e. The second-order valence-corrected chi connectivity index (χ2v) is 8.49. The number of benzene rings is 3. The number of ether oxygens (including phenoxy) is 1. The van der Waals surface area contributed by atoms with Gasteiger partial charge in [0, 0.05) is 18.1 Å². The number of hydrogen-bond acceptors (Lipinski definition) is 3. The zero-order valence-electron chi connectivity index (χ0n) is 19.2. The molecule has 0 spiro atoms.